The normalized spacial score (nSPS) is 14.8. The summed E-state index contributed by atoms with van der Waals surface area (Å²) in [5, 5.41) is 6.63. The molecule has 0 aliphatic carbocycles. The Kier molecular flexibility index (Phi) is 2.05. The van der Waals surface area contributed by atoms with Crippen molar-refractivity contribution in [1.29, 1.82) is 0 Å². The van der Waals surface area contributed by atoms with Gasteiger partial charge in [0, 0.05) is 7.05 Å². The van der Waals surface area contributed by atoms with Crippen LogP contribution in [0.2, 0.25) is 0 Å². The summed E-state index contributed by atoms with van der Waals surface area (Å²) in [5.41, 5.74) is 4.74. The molecular formula is C5H7F3N4. The van der Waals surface area contributed by atoms with Gasteiger partial charge in [-0.3, -0.25) is 4.68 Å². The Bertz CT molecular complexity index is 266. The number of hydrogen-bond donors (Lipinski definition) is 1. The summed E-state index contributed by atoms with van der Waals surface area (Å²) in [7, 11) is 1.36. The lowest BCUT2D eigenvalue weighted by molar-refractivity contribution is -0.150. The molecule has 1 atom stereocenters. The molecule has 0 radical (unpaired) electrons. The van der Waals surface area contributed by atoms with E-state index in [1.165, 1.54) is 7.05 Å². The van der Waals surface area contributed by atoms with E-state index in [1.807, 2.05) is 0 Å². The molecule has 1 aromatic rings. The van der Waals surface area contributed by atoms with Crippen molar-refractivity contribution in [2.24, 2.45) is 12.8 Å². The van der Waals surface area contributed by atoms with Gasteiger partial charge in [0.05, 0.1) is 11.9 Å². The van der Waals surface area contributed by atoms with Crippen molar-refractivity contribution in [3.8, 4) is 0 Å². The summed E-state index contributed by atoms with van der Waals surface area (Å²) in [6.45, 7) is 0. The summed E-state index contributed by atoms with van der Waals surface area (Å²) >= 11 is 0. The van der Waals surface area contributed by atoms with Crippen molar-refractivity contribution in [2.75, 3.05) is 0 Å². The maximum atomic E-state index is 12.0. The van der Waals surface area contributed by atoms with Gasteiger partial charge in [0.25, 0.3) is 0 Å². The lowest BCUT2D eigenvalue weighted by Crippen LogP contribution is -2.30. The molecule has 0 amide bonds. The van der Waals surface area contributed by atoms with Crippen LogP contribution < -0.4 is 5.73 Å². The first-order valence-corrected chi connectivity index (χ1v) is 3.10. The highest BCUT2D eigenvalue weighted by atomic mass is 19.4. The van der Waals surface area contributed by atoms with Crippen LogP contribution in [0.1, 0.15) is 11.7 Å². The highest BCUT2D eigenvalue weighted by molar-refractivity contribution is 5.03. The maximum Gasteiger partial charge on any atom is 0.409 e. The van der Waals surface area contributed by atoms with Crippen molar-refractivity contribution in [2.45, 2.75) is 12.2 Å². The second-order valence-electron chi connectivity index (χ2n) is 2.30. The second-order valence-corrected chi connectivity index (χ2v) is 2.30. The molecule has 0 fully saturated rings. The van der Waals surface area contributed by atoms with Crippen molar-refractivity contribution in [3.05, 3.63) is 11.9 Å². The smallest absolute Gasteiger partial charge is 0.315 e. The Morgan fingerprint density at radius 3 is 2.50 bits per heavy atom. The molecule has 0 bridgehead atoms. The van der Waals surface area contributed by atoms with Crippen LogP contribution in [0, 0.1) is 0 Å². The molecule has 0 saturated carbocycles. The predicted octanol–water partition coefficient (Wildman–Crippen LogP) is 0.377. The minimum absolute atomic E-state index is 0.150. The van der Waals surface area contributed by atoms with E-state index < -0.39 is 12.2 Å². The Morgan fingerprint density at radius 1 is 1.58 bits per heavy atom. The van der Waals surface area contributed by atoms with Crippen molar-refractivity contribution >= 4 is 0 Å². The molecule has 7 heteroatoms. The standard InChI is InChI=1S/C5H7F3N4/c1-12-3(2-10-11-12)4(9)5(6,7)8/h2,4H,9H2,1H3. The second kappa shape index (κ2) is 2.74. The minimum atomic E-state index is -4.45. The van der Waals surface area contributed by atoms with Crippen LogP contribution >= 0.6 is 0 Å². The van der Waals surface area contributed by atoms with Gasteiger partial charge in [0.15, 0.2) is 0 Å². The maximum absolute atomic E-state index is 12.0. The lowest BCUT2D eigenvalue weighted by Gasteiger charge is -2.14. The van der Waals surface area contributed by atoms with E-state index in [0.29, 0.717) is 0 Å². The van der Waals surface area contributed by atoms with Crippen LogP contribution in [-0.2, 0) is 7.05 Å². The zero-order valence-electron chi connectivity index (χ0n) is 6.21. The topological polar surface area (TPSA) is 56.7 Å². The Morgan fingerprint density at radius 2 is 2.17 bits per heavy atom. The predicted molar refractivity (Wildman–Crippen MR) is 34.0 cm³/mol. The molecule has 0 spiro atoms. The molecular weight excluding hydrogens is 173 g/mol. The molecule has 1 heterocycles. The molecule has 2 N–H and O–H groups in total. The number of hydrogen-bond acceptors (Lipinski definition) is 3. The van der Waals surface area contributed by atoms with Gasteiger partial charge in [-0.15, -0.1) is 5.10 Å². The van der Waals surface area contributed by atoms with Crippen molar-refractivity contribution in [1.82, 2.24) is 15.0 Å². The van der Waals surface area contributed by atoms with E-state index >= 15 is 0 Å². The van der Waals surface area contributed by atoms with E-state index in [4.69, 9.17) is 5.73 Å². The average molecular weight is 180 g/mol. The highest BCUT2D eigenvalue weighted by Gasteiger charge is 2.39. The van der Waals surface area contributed by atoms with E-state index in [0.717, 1.165) is 10.9 Å². The Labute approximate surface area is 66.2 Å². The first-order chi connectivity index (χ1) is 5.43. The fourth-order valence-corrected chi connectivity index (χ4v) is 0.747. The SMILES string of the molecule is Cn1nncc1C(N)C(F)(F)F. The third-order valence-electron chi connectivity index (χ3n) is 1.42. The molecule has 0 saturated heterocycles. The third-order valence-corrected chi connectivity index (χ3v) is 1.42. The molecule has 0 aromatic carbocycles. The zero-order valence-corrected chi connectivity index (χ0v) is 6.21. The summed E-state index contributed by atoms with van der Waals surface area (Å²) < 4.78 is 37.0. The lowest BCUT2D eigenvalue weighted by atomic mass is 10.2. The molecule has 0 aliphatic rings. The fourth-order valence-electron chi connectivity index (χ4n) is 0.747. The average Bonchev–Trinajstić information content (AvgIpc) is 2.31. The van der Waals surface area contributed by atoms with Crippen LogP contribution in [0.25, 0.3) is 0 Å². The summed E-state index contributed by atoms with van der Waals surface area (Å²) in [6.07, 6.45) is -3.45. The number of aromatic nitrogens is 3. The largest absolute Gasteiger partial charge is 0.409 e. The number of halogens is 3. The van der Waals surface area contributed by atoms with E-state index in [-0.39, 0.29) is 5.69 Å². The number of nitrogens with zero attached hydrogens (tertiary/aromatic N) is 3. The van der Waals surface area contributed by atoms with Crippen molar-refractivity contribution in [3.63, 3.8) is 0 Å². The highest BCUT2D eigenvalue weighted by Crippen LogP contribution is 2.29. The molecule has 0 aliphatic heterocycles. The van der Waals surface area contributed by atoms with Gasteiger partial charge in [-0.1, -0.05) is 5.21 Å². The van der Waals surface area contributed by atoms with E-state index in [1.54, 1.807) is 0 Å². The van der Waals surface area contributed by atoms with Crippen LogP contribution in [0.3, 0.4) is 0 Å². The molecule has 68 valence electrons. The molecule has 1 rings (SSSR count). The van der Waals surface area contributed by atoms with Crippen LogP contribution in [0.4, 0.5) is 13.2 Å². The Balaban J connectivity index is 2.92. The minimum Gasteiger partial charge on any atom is -0.315 e. The van der Waals surface area contributed by atoms with Crippen LogP contribution in [0.5, 0.6) is 0 Å². The third kappa shape index (κ3) is 1.55. The van der Waals surface area contributed by atoms with Crippen LogP contribution in [-0.4, -0.2) is 21.2 Å². The molecule has 12 heavy (non-hydrogen) atoms. The summed E-state index contributed by atoms with van der Waals surface area (Å²) in [6, 6.07) is -2.02. The monoisotopic (exact) mass is 180 g/mol. The van der Waals surface area contributed by atoms with Gasteiger partial charge >= 0.3 is 6.18 Å². The van der Waals surface area contributed by atoms with E-state index in [9.17, 15) is 13.2 Å². The van der Waals surface area contributed by atoms with Gasteiger partial charge in [-0.25, -0.2) is 0 Å². The van der Waals surface area contributed by atoms with Crippen molar-refractivity contribution < 1.29 is 13.2 Å². The van der Waals surface area contributed by atoms with Gasteiger partial charge in [0.1, 0.15) is 6.04 Å². The number of aryl methyl sites for hydroxylation is 1. The summed E-state index contributed by atoms with van der Waals surface area (Å²) in [5.74, 6) is 0. The van der Waals surface area contributed by atoms with Gasteiger partial charge < -0.3 is 5.73 Å². The zero-order chi connectivity index (χ0) is 9.35. The first-order valence-electron chi connectivity index (χ1n) is 3.10. The molecule has 1 unspecified atom stereocenters. The number of nitrogens with two attached hydrogens (primary N) is 1. The van der Waals surface area contributed by atoms with Gasteiger partial charge in [-0.05, 0) is 0 Å². The van der Waals surface area contributed by atoms with E-state index in [2.05, 4.69) is 10.3 Å². The quantitative estimate of drug-likeness (QED) is 0.679. The van der Waals surface area contributed by atoms with Gasteiger partial charge in [-0.2, -0.15) is 13.2 Å². The van der Waals surface area contributed by atoms with Gasteiger partial charge in [0.2, 0.25) is 0 Å². The summed E-state index contributed by atoms with van der Waals surface area (Å²) in [4.78, 5) is 0. The number of alkyl halides is 3. The number of rotatable bonds is 1. The first kappa shape index (κ1) is 8.98. The Hall–Kier alpha value is -1.11. The fraction of sp³-hybridized carbons (Fsp3) is 0.600. The molecule has 1 aromatic heterocycles. The van der Waals surface area contributed by atoms with Crippen LogP contribution in [0.15, 0.2) is 6.20 Å². The molecule has 4 nitrogen and oxygen atoms in total.